The minimum absolute atomic E-state index is 0.0707. The molecule has 1 amide bonds. The molecule has 0 bridgehead atoms. The van der Waals surface area contributed by atoms with E-state index >= 15 is 0 Å². The Balaban J connectivity index is 2.07. The molecule has 0 aromatic carbocycles. The molecule has 1 atom stereocenters. The Morgan fingerprint density at radius 1 is 1.62 bits per heavy atom. The van der Waals surface area contributed by atoms with Crippen molar-refractivity contribution in [3.63, 3.8) is 0 Å². The standard InChI is InChI=1S/C14H18N4O2S/c1-21-14(13(15)20)16-8-10-3-2-9-4-5-18(6-7-19)12(9)11(10)17-14/h4-5,8,17,19H,2-3,6-7H2,1H3,(H2,15,20). The first-order chi connectivity index (χ1) is 10.1. The lowest BCUT2D eigenvalue weighted by atomic mass is 9.93. The number of aliphatic hydroxyl groups is 1. The van der Waals surface area contributed by atoms with Crippen LogP contribution in [0, 0.1) is 0 Å². The van der Waals surface area contributed by atoms with E-state index in [1.165, 1.54) is 17.3 Å². The van der Waals surface area contributed by atoms with Gasteiger partial charge in [0.15, 0.2) is 0 Å². The number of allylic oxidation sites excluding steroid dienone is 1. The topological polar surface area (TPSA) is 92.6 Å². The highest BCUT2D eigenvalue weighted by Crippen LogP contribution is 2.36. The summed E-state index contributed by atoms with van der Waals surface area (Å²) in [6, 6.07) is 2.06. The second-order valence-electron chi connectivity index (χ2n) is 5.10. The number of rotatable bonds is 4. The number of aliphatic hydroxyl groups excluding tert-OH is 1. The van der Waals surface area contributed by atoms with Gasteiger partial charge in [0.05, 0.1) is 18.0 Å². The van der Waals surface area contributed by atoms with E-state index in [0.717, 1.165) is 29.8 Å². The maximum atomic E-state index is 11.8. The summed E-state index contributed by atoms with van der Waals surface area (Å²) in [6.45, 7) is 0.592. The molecule has 0 saturated heterocycles. The van der Waals surface area contributed by atoms with Crippen LogP contribution >= 0.6 is 11.8 Å². The van der Waals surface area contributed by atoms with Crippen LogP contribution in [0.15, 0.2) is 22.8 Å². The fourth-order valence-corrected chi connectivity index (χ4v) is 3.40. The van der Waals surface area contributed by atoms with Crippen molar-refractivity contribution in [2.75, 3.05) is 12.9 Å². The van der Waals surface area contributed by atoms with Gasteiger partial charge in [-0.2, -0.15) is 0 Å². The first-order valence-corrected chi connectivity index (χ1v) is 8.04. The number of primary amides is 1. The normalized spacial score (nSPS) is 23.5. The highest BCUT2D eigenvalue weighted by atomic mass is 32.2. The Morgan fingerprint density at radius 3 is 3.10 bits per heavy atom. The van der Waals surface area contributed by atoms with Crippen molar-refractivity contribution in [1.29, 1.82) is 0 Å². The Labute approximate surface area is 127 Å². The monoisotopic (exact) mass is 306 g/mol. The summed E-state index contributed by atoms with van der Waals surface area (Å²) in [5.74, 6) is -0.509. The van der Waals surface area contributed by atoms with Gasteiger partial charge in [-0.25, -0.2) is 4.99 Å². The number of aromatic nitrogens is 1. The van der Waals surface area contributed by atoms with Gasteiger partial charge in [0.25, 0.3) is 10.9 Å². The van der Waals surface area contributed by atoms with Gasteiger partial charge >= 0.3 is 0 Å². The van der Waals surface area contributed by atoms with Crippen LogP contribution in [0.2, 0.25) is 0 Å². The number of aliphatic imine (C=N–C) groups is 1. The first-order valence-electron chi connectivity index (χ1n) is 6.82. The third-order valence-corrected chi connectivity index (χ3v) is 4.94. The number of thioether (sulfide) groups is 1. The van der Waals surface area contributed by atoms with Crippen LogP contribution in [0.3, 0.4) is 0 Å². The summed E-state index contributed by atoms with van der Waals surface area (Å²) in [7, 11) is 0. The molecule has 112 valence electrons. The van der Waals surface area contributed by atoms with E-state index in [4.69, 9.17) is 5.73 Å². The molecule has 0 radical (unpaired) electrons. The number of hydrogen-bond donors (Lipinski definition) is 3. The zero-order valence-electron chi connectivity index (χ0n) is 11.8. The molecule has 4 N–H and O–H groups in total. The van der Waals surface area contributed by atoms with Crippen molar-refractivity contribution in [3.8, 4) is 0 Å². The minimum atomic E-state index is -1.15. The van der Waals surface area contributed by atoms with Crippen molar-refractivity contribution < 1.29 is 9.90 Å². The quantitative estimate of drug-likeness (QED) is 0.746. The van der Waals surface area contributed by atoms with Gasteiger partial charge in [-0.05, 0) is 36.3 Å². The average molecular weight is 306 g/mol. The number of carbonyl (C=O) groups is 1. The van der Waals surface area contributed by atoms with Crippen LogP contribution in [-0.4, -0.2) is 39.7 Å². The largest absolute Gasteiger partial charge is 0.395 e. The number of fused-ring (bicyclic) bond motifs is 2. The van der Waals surface area contributed by atoms with E-state index in [2.05, 4.69) is 16.4 Å². The zero-order chi connectivity index (χ0) is 15.0. The number of nitrogens with one attached hydrogen (secondary N) is 1. The molecule has 1 unspecified atom stereocenters. The SMILES string of the molecule is CSC1(C(N)=O)N=CC2=C(N1)c1c(ccn1CCO)CC2. The van der Waals surface area contributed by atoms with Gasteiger partial charge < -0.3 is 20.7 Å². The second-order valence-corrected chi connectivity index (χ2v) is 6.10. The lowest BCUT2D eigenvalue weighted by Crippen LogP contribution is -2.52. The predicted octanol–water partition coefficient (Wildman–Crippen LogP) is 0.314. The third-order valence-electron chi connectivity index (χ3n) is 3.94. The summed E-state index contributed by atoms with van der Waals surface area (Å²) in [5, 5.41) is 12.4. The zero-order valence-corrected chi connectivity index (χ0v) is 12.6. The highest BCUT2D eigenvalue weighted by molar-refractivity contribution is 8.00. The van der Waals surface area contributed by atoms with Crippen molar-refractivity contribution in [2.45, 2.75) is 24.4 Å². The molecule has 2 aliphatic rings. The molecule has 2 heterocycles. The van der Waals surface area contributed by atoms with E-state index in [9.17, 15) is 9.90 Å². The van der Waals surface area contributed by atoms with Crippen LogP contribution < -0.4 is 11.1 Å². The van der Waals surface area contributed by atoms with E-state index in [-0.39, 0.29) is 6.61 Å². The van der Waals surface area contributed by atoms with Crippen LogP contribution in [-0.2, 0) is 17.8 Å². The van der Waals surface area contributed by atoms with Crippen LogP contribution in [0.25, 0.3) is 5.70 Å². The number of aryl methyl sites for hydroxylation is 1. The summed E-state index contributed by atoms with van der Waals surface area (Å²) in [4.78, 5) is 15.0. The van der Waals surface area contributed by atoms with E-state index in [0.29, 0.717) is 6.54 Å². The summed E-state index contributed by atoms with van der Waals surface area (Å²) in [6.07, 6.45) is 7.34. The van der Waals surface area contributed by atoms with Gasteiger partial charge in [-0.3, -0.25) is 4.79 Å². The molecule has 1 aliphatic heterocycles. The van der Waals surface area contributed by atoms with Gasteiger partial charge in [0.1, 0.15) is 0 Å². The summed E-state index contributed by atoms with van der Waals surface area (Å²) in [5.41, 5.74) is 9.73. The number of nitrogens with zero attached hydrogens (tertiary/aromatic N) is 2. The molecule has 1 aliphatic carbocycles. The summed E-state index contributed by atoms with van der Waals surface area (Å²) < 4.78 is 2.00. The molecule has 3 rings (SSSR count). The van der Waals surface area contributed by atoms with Gasteiger partial charge in [-0.15, -0.1) is 11.8 Å². The molecular formula is C14H18N4O2S. The maximum absolute atomic E-state index is 11.8. The first kappa shape index (κ1) is 14.2. The minimum Gasteiger partial charge on any atom is -0.395 e. The van der Waals surface area contributed by atoms with Crippen LogP contribution in [0.4, 0.5) is 0 Å². The molecule has 21 heavy (non-hydrogen) atoms. The molecule has 6 nitrogen and oxygen atoms in total. The number of amides is 1. The highest BCUT2D eigenvalue weighted by Gasteiger charge is 2.40. The number of hydrogen-bond acceptors (Lipinski definition) is 5. The Morgan fingerprint density at radius 2 is 2.43 bits per heavy atom. The van der Waals surface area contributed by atoms with Crippen molar-refractivity contribution in [3.05, 3.63) is 29.1 Å². The van der Waals surface area contributed by atoms with Gasteiger partial charge in [0, 0.05) is 19.0 Å². The molecule has 0 fully saturated rings. The van der Waals surface area contributed by atoms with E-state index < -0.39 is 10.9 Å². The summed E-state index contributed by atoms with van der Waals surface area (Å²) >= 11 is 1.28. The number of carbonyl (C=O) groups excluding carboxylic acids is 1. The molecular weight excluding hydrogens is 288 g/mol. The van der Waals surface area contributed by atoms with Gasteiger partial charge in [0.2, 0.25) is 0 Å². The second kappa shape index (κ2) is 5.23. The van der Waals surface area contributed by atoms with Crippen molar-refractivity contribution >= 4 is 29.6 Å². The molecule has 1 aromatic rings. The Bertz CT molecular complexity index is 649. The van der Waals surface area contributed by atoms with Gasteiger partial charge in [-0.1, -0.05) is 0 Å². The lowest BCUT2D eigenvalue weighted by molar-refractivity contribution is -0.120. The fourth-order valence-electron chi connectivity index (χ4n) is 2.83. The van der Waals surface area contributed by atoms with Crippen molar-refractivity contribution in [2.24, 2.45) is 10.7 Å². The predicted molar refractivity (Wildman–Crippen MR) is 83.8 cm³/mol. The number of nitrogens with two attached hydrogens (primary N) is 1. The van der Waals surface area contributed by atoms with Crippen LogP contribution in [0.1, 0.15) is 17.7 Å². The van der Waals surface area contributed by atoms with Crippen LogP contribution in [0.5, 0.6) is 0 Å². The Hall–Kier alpha value is -1.73. The molecule has 1 aromatic heterocycles. The fraction of sp³-hybridized carbons (Fsp3) is 0.429. The molecule has 0 spiro atoms. The average Bonchev–Trinajstić information content (AvgIpc) is 2.90. The van der Waals surface area contributed by atoms with E-state index in [1.807, 2.05) is 10.8 Å². The lowest BCUT2D eigenvalue weighted by Gasteiger charge is -2.34. The van der Waals surface area contributed by atoms with E-state index in [1.54, 1.807) is 12.5 Å². The maximum Gasteiger partial charge on any atom is 0.277 e. The molecule has 0 saturated carbocycles. The third kappa shape index (κ3) is 2.16. The molecule has 7 heteroatoms. The van der Waals surface area contributed by atoms with Crippen molar-refractivity contribution in [1.82, 2.24) is 9.88 Å². The smallest absolute Gasteiger partial charge is 0.277 e. The Kier molecular flexibility index (Phi) is 3.54.